The molecule has 2 aliphatic carbocycles. The molecule has 0 bridgehead atoms. The number of rotatable bonds is 4. The van der Waals surface area contributed by atoms with Gasteiger partial charge in [0.25, 0.3) is 0 Å². The number of ether oxygens (including phenoxy) is 1. The molecular weight excluding hydrogens is 352 g/mol. The van der Waals surface area contributed by atoms with Gasteiger partial charge in [0, 0.05) is 12.6 Å². The molecule has 0 saturated heterocycles. The Kier molecular flexibility index (Phi) is 4.75. The summed E-state index contributed by atoms with van der Waals surface area (Å²) in [6, 6.07) is 13.8. The van der Waals surface area contributed by atoms with E-state index < -0.39 is 5.92 Å². The monoisotopic (exact) mass is 376 g/mol. The number of carbonyl (C=O) groups is 2. The fourth-order valence-corrected chi connectivity index (χ4v) is 4.66. The summed E-state index contributed by atoms with van der Waals surface area (Å²) in [6.07, 6.45) is 4.55. The third-order valence-corrected chi connectivity index (χ3v) is 6.16. The van der Waals surface area contributed by atoms with E-state index in [1.807, 2.05) is 30.3 Å². The molecule has 1 aromatic carbocycles. The molecule has 1 aromatic heterocycles. The van der Waals surface area contributed by atoms with Gasteiger partial charge in [0.05, 0.1) is 25.3 Å². The van der Waals surface area contributed by atoms with Crippen LogP contribution in [0.15, 0.2) is 60.5 Å². The van der Waals surface area contributed by atoms with Gasteiger partial charge >= 0.3 is 0 Å². The van der Waals surface area contributed by atoms with Crippen LogP contribution in [0.2, 0.25) is 0 Å². The molecule has 2 aliphatic rings. The van der Waals surface area contributed by atoms with Gasteiger partial charge in [-0.15, -0.1) is 0 Å². The van der Waals surface area contributed by atoms with E-state index in [4.69, 9.17) is 4.74 Å². The van der Waals surface area contributed by atoms with Gasteiger partial charge in [-0.25, -0.2) is 0 Å². The number of pyridine rings is 1. The lowest BCUT2D eigenvalue weighted by molar-refractivity contribution is -0.127. The Morgan fingerprint density at radius 2 is 2.04 bits per heavy atom. The third-order valence-electron chi connectivity index (χ3n) is 6.16. The van der Waals surface area contributed by atoms with Crippen molar-refractivity contribution in [2.24, 2.45) is 11.3 Å². The predicted octanol–water partition coefficient (Wildman–Crippen LogP) is 3.16. The van der Waals surface area contributed by atoms with Crippen LogP contribution in [0.3, 0.4) is 0 Å². The number of nitrogens with zero attached hydrogens (tertiary/aromatic N) is 1. The second kappa shape index (κ2) is 7.23. The van der Waals surface area contributed by atoms with E-state index in [1.165, 1.54) is 18.2 Å². The van der Waals surface area contributed by atoms with Gasteiger partial charge in [0.1, 0.15) is 0 Å². The van der Waals surface area contributed by atoms with Gasteiger partial charge < -0.3 is 10.1 Å². The molecule has 1 amide bonds. The lowest BCUT2D eigenvalue weighted by atomic mass is 9.67. The number of nitrogens with one attached hydrogen (secondary N) is 1. The maximum absolute atomic E-state index is 13.2. The first kappa shape index (κ1) is 18.4. The van der Waals surface area contributed by atoms with E-state index >= 15 is 0 Å². The molecule has 0 unspecified atom stereocenters. The molecule has 4 rings (SSSR count). The first-order valence-electron chi connectivity index (χ1n) is 9.57. The van der Waals surface area contributed by atoms with Crippen LogP contribution < -0.4 is 5.32 Å². The molecule has 144 valence electrons. The number of ketones is 1. The number of benzene rings is 1. The van der Waals surface area contributed by atoms with Gasteiger partial charge in [0.2, 0.25) is 5.91 Å². The minimum atomic E-state index is -0.463. The Labute approximate surface area is 164 Å². The minimum Gasteiger partial charge on any atom is -0.493 e. The standard InChI is InChI=1S/C23H24N2O3/c1-23-13-15-7-3-4-9-17(15)18(23)11-20(26)21(28-2)12-19(23)22(27)25-14-16-8-5-6-10-24-16/h3-10,12,18-19H,11,13-14H2,1-2H3,(H,25,27)/t18-,19+,23-/m0/s1. The summed E-state index contributed by atoms with van der Waals surface area (Å²) in [6.45, 7) is 2.47. The van der Waals surface area contributed by atoms with Gasteiger partial charge in [0.15, 0.2) is 11.5 Å². The van der Waals surface area contributed by atoms with Crippen molar-refractivity contribution < 1.29 is 14.3 Å². The highest BCUT2D eigenvalue weighted by molar-refractivity contribution is 5.96. The Hall–Kier alpha value is -2.95. The summed E-state index contributed by atoms with van der Waals surface area (Å²) >= 11 is 0. The molecule has 5 nitrogen and oxygen atoms in total. The maximum atomic E-state index is 13.2. The number of Topliss-reactive ketones (excluding diaryl/α,β-unsaturated/α-hetero) is 1. The SMILES string of the molecule is COC1=C[C@H](C(=O)NCc2ccccn2)[C@@]2(C)Cc3ccccc3[C@@H]2CC1=O. The quantitative estimate of drug-likeness (QED) is 0.890. The third kappa shape index (κ3) is 3.11. The van der Waals surface area contributed by atoms with Crippen LogP contribution >= 0.6 is 0 Å². The second-order valence-electron chi connectivity index (χ2n) is 7.81. The molecule has 2 aromatic rings. The van der Waals surface area contributed by atoms with E-state index in [0.29, 0.717) is 13.0 Å². The van der Waals surface area contributed by atoms with Crippen molar-refractivity contribution in [3.8, 4) is 0 Å². The van der Waals surface area contributed by atoms with Crippen LogP contribution in [0.5, 0.6) is 0 Å². The van der Waals surface area contributed by atoms with Crippen molar-refractivity contribution in [1.82, 2.24) is 10.3 Å². The smallest absolute Gasteiger partial charge is 0.227 e. The average molecular weight is 376 g/mol. The summed E-state index contributed by atoms with van der Waals surface area (Å²) in [5.41, 5.74) is 2.81. The molecule has 28 heavy (non-hydrogen) atoms. The largest absolute Gasteiger partial charge is 0.493 e. The molecule has 1 N–H and O–H groups in total. The second-order valence-corrected chi connectivity index (χ2v) is 7.81. The number of hydrogen-bond donors (Lipinski definition) is 1. The Morgan fingerprint density at radius 3 is 2.79 bits per heavy atom. The molecule has 0 fully saturated rings. The summed E-state index contributed by atoms with van der Waals surface area (Å²) < 4.78 is 5.34. The Bertz CT molecular complexity index is 938. The molecule has 5 heteroatoms. The fourth-order valence-electron chi connectivity index (χ4n) is 4.66. The van der Waals surface area contributed by atoms with Crippen molar-refractivity contribution in [3.05, 3.63) is 77.3 Å². The van der Waals surface area contributed by atoms with Gasteiger partial charge in [-0.2, -0.15) is 0 Å². The van der Waals surface area contributed by atoms with E-state index in [2.05, 4.69) is 29.4 Å². The van der Waals surface area contributed by atoms with Crippen LogP contribution in [0.25, 0.3) is 0 Å². The summed E-state index contributed by atoms with van der Waals surface area (Å²) in [4.78, 5) is 30.3. The van der Waals surface area contributed by atoms with Crippen LogP contribution in [0.4, 0.5) is 0 Å². The van der Waals surface area contributed by atoms with E-state index in [0.717, 1.165) is 12.1 Å². The number of methoxy groups -OCH3 is 1. The first-order chi connectivity index (χ1) is 13.5. The van der Waals surface area contributed by atoms with Crippen molar-refractivity contribution in [1.29, 1.82) is 0 Å². The Balaban J connectivity index is 1.67. The number of fused-ring (bicyclic) bond motifs is 3. The zero-order valence-electron chi connectivity index (χ0n) is 16.1. The van der Waals surface area contributed by atoms with Gasteiger partial charge in [-0.05, 0) is 47.1 Å². The number of amides is 1. The molecule has 0 radical (unpaired) electrons. The first-order valence-corrected chi connectivity index (χ1v) is 9.57. The molecule has 1 heterocycles. The highest BCUT2D eigenvalue weighted by Gasteiger charge is 2.52. The van der Waals surface area contributed by atoms with Gasteiger partial charge in [-0.3, -0.25) is 14.6 Å². The minimum absolute atomic E-state index is 0.00861. The van der Waals surface area contributed by atoms with Gasteiger partial charge in [-0.1, -0.05) is 37.3 Å². The normalized spacial score (nSPS) is 25.9. The highest BCUT2D eigenvalue weighted by atomic mass is 16.5. The summed E-state index contributed by atoms with van der Waals surface area (Å²) in [5, 5.41) is 3.01. The van der Waals surface area contributed by atoms with E-state index in [9.17, 15) is 9.59 Å². The molecular formula is C23H24N2O3. The molecule has 0 aliphatic heterocycles. The van der Waals surface area contributed by atoms with Crippen LogP contribution in [0, 0.1) is 11.3 Å². The topological polar surface area (TPSA) is 68.3 Å². The zero-order valence-corrected chi connectivity index (χ0v) is 16.1. The highest BCUT2D eigenvalue weighted by Crippen LogP contribution is 2.55. The Morgan fingerprint density at radius 1 is 1.25 bits per heavy atom. The maximum Gasteiger partial charge on any atom is 0.227 e. The lowest BCUT2D eigenvalue weighted by Gasteiger charge is -2.35. The van der Waals surface area contributed by atoms with E-state index in [-0.39, 0.29) is 28.8 Å². The van der Waals surface area contributed by atoms with Crippen LogP contribution in [-0.4, -0.2) is 23.8 Å². The molecule has 3 atom stereocenters. The van der Waals surface area contributed by atoms with Crippen LogP contribution in [0.1, 0.15) is 36.1 Å². The zero-order chi connectivity index (χ0) is 19.7. The summed E-state index contributed by atoms with van der Waals surface area (Å²) in [7, 11) is 1.49. The summed E-state index contributed by atoms with van der Waals surface area (Å²) in [5.74, 6) is -0.336. The average Bonchev–Trinajstić information content (AvgIpc) is 2.94. The predicted molar refractivity (Wildman–Crippen MR) is 105 cm³/mol. The molecule has 0 saturated carbocycles. The number of allylic oxidation sites excluding steroid dienone is 1. The molecule has 0 spiro atoms. The van der Waals surface area contributed by atoms with Crippen molar-refractivity contribution >= 4 is 11.7 Å². The van der Waals surface area contributed by atoms with Crippen LogP contribution in [-0.2, 0) is 27.3 Å². The number of hydrogen-bond acceptors (Lipinski definition) is 4. The number of carbonyl (C=O) groups excluding carboxylic acids is 2. The van der Waals surface area contributed by atoms with Crippen molar-refractivity contribution in [2.75, 3.05) is 7.11 Å². The lowest BCUT2D eigenvalue weighted by Crippen LogP contribution is -2.41. The van der Waals surface area contributed by atoms with E-state index in [1.54, 1.807) is 12.3 Å². The number of aromatic nitrogens is 1. The fraction of sp³-hybridized carbons (Fsp3) is 0.348. The van der Waals surface area contributed by atoms with Crippen molar-refractivity contribution in [3.63, 3.8) is 0 Å². The van der Waals surface area contributed by atoms with Crippen molar-refractivity contribution in [2.45, 2.75) is 32.2 Å².